The number of halogens is 2. The molecule has 2 aliphatic rings. The maximum absolute atomic E-state index is 13.4. The number of anilines is 2. The Kier molecular flexibility index (Phi) is 2.70. The van der Waals surface area contributed by atoms with Gasteiger partial charge in [0.05, 0.1) is 16.4 Å². The Morgan fingerprint density at radius 2 is 1.94 bits per heavy atom. The van der Waals surface area contributed by atoms with Crippen LogP contribution < -0.4 is 10.6 Å². The van der Waals surface area contributed by atoms with Gasteiger partial charge in [-0.05, 0) is 18.9 Å². The molecular formula is C13H14ClFN2O. The van der Waals surface area contributed by atoms with Crippen molar-refractivity contribution in [1.82, 2.24) is 0 Å². The first-order chi connectivity index (χ1) is 8.58. The van der Waals surface area contributed by atoms with Crippen molar-refractivity contribution in [1.29, 1.82) is 0 Å². The van der Waals surface area contributed by atoms with Gasteiger partial charge in [0, 0.05) is 18.0 Å². The van der Waals surface area contributed by atoms with E-state index in [1.807, 2.05) is 0 Å². The minimum absolute atomic E-state index is 0.0649. The summed E-state index contributed by atoms with van der Waals surface area (Å²) in [4.78, 5) is 11.9. The van der Waals surface area contributed by atoms with Crippen molar-refractivity contribution >= 4 is 28.9 Å². The molecule has 0 bridgehead atoms. The average Bonchev–Trinajstić information content (AvgIpc) is 2.68. The van der Waals surface area contributed by atoms with E-state index in [4.69, 9.17) is 11.6 Å². The van der Waals surface area contributed by atoms with Crippen molar-refractivity contribution in [2.75, 3.05) is 10.6 Å². The molecule has 18 heavy (non-hydrogen) atoms. The number of benzene rings is 1. The molecule has 0 aromatic heterocycles. The summed E-state index contributed by atoms with van der Waals surface area (Å²) in [6.07, 6.45) is 4.60. The lowest BCUT2D eigenvalue weighted by atomic mass is 9.93. The summed E-state index contributed by atoms with van der Waals surface area (Å²) < 4.78 is 13.4. The number of rotatable bonds is 0. The molecule has 1 fully saturated rings. The first-order valence-corrected chi connectivity index (χ1v) is 6.53. The fraction of sp³-hybridized carbons (Fsp3) is 0.462. The Balaban J connectivity index is 2.05. The molecule has 3 rings (SSSR count). The van der Waals surface area contributed by atoms with Crippen molar-refractivity contribution in [3.8, 4) is 0 Å². The second-order valence-corrected chi connectivity index (χ2v) is 5.56. The number of hydrogen-bond donors (Lipinski definition) is 2. The lowest BCUT2D eigenvalue weighted by Gasteiger charge is -2.28. The Bertz CT molecular complexity index is 512. The Hall–Kier alpha value is -1.29. The Labute approximate surface area is 110 Å². The van der Waals surface area contributed by atoms with E-state index >= 15 is 0 Å². The van der Waals surface area contributed by atoms with Gasteiger partial charge in [-0.25, -0.2) is 4.39 Å². The van der Waals surface area contributed by atoms with Crippen LogP contribution in [-0.2, 0) is 4.79 Å². The van der Waals surface area contributed by atoms with Gasteiger partial charge in [0.25, 0.3) is 0 Å². The predicted octanol–water partition coefficient (Wildman–Crippen LogP) is 3.55. The van der Waals surface area contributed by atoms with Crippen LogP contribution >= 0.6 is 11.6 Å². The van der Waals surface area contributed by atoms with Crippen LogP contribution in [0.4, 0.5) is 15.8 Å². The smallest absolute Gasteiger partial charge is 0.226 e. The molecule has 2 N–H and O–H groups in total. The van der Waals surface area contributed by atoms with E-state index < -0.39 is 5.82 Å². The summed E-state index contributed by atoms with van der Waals surface area (Å²) in [5, 5.41) is 6.21. The van der Waals surface area contributed by atoms with Gasteiger partial charge in [0.2, 0.25) is 5.91 Å². The third kappa shape index (κ3) is 1.94. The molecule has 1 heterocycles. The topological polar surface area (TPSA) is 41.1 Å². The lowest BCUT2D eigenvalue weighted by molar-refractivity contribution is -0.117. The van der Waals surface area contributed by atoms with Gasteiger partial charge in [0.15, 0.2) is 0 Å². The van der Waals surface area contributed by atoms with E-state index in [2.05, 4.69) is 10.6 Å². The zero-order chi connectivity index (χ0) is 12.8. The lowest BCUT2D eigenvalue weighted by Crippen LogP contribution is -2.36. The van der Waals surface area contributed by atoms with Gasteiger partial charge in [-0.1, -0.05) is 24.4 Å². The number of amides is 1. The van der Waals surface area contributed by atoms with Crippen molar-refractivity contribution in [2.24, 2.45) is 0 Å². The fourth-order valence-corrected chi connectivity index (χ4v) is 3.10. The second-order valence-electron chi connectivity index (χ2n) is 5.15. The first-order valence-electron chi connectivity index (χ1n) is 6.15. The average molecular weight is 269 g/mol. The third-order valence-corrected chi connectivity index (χ3v) is 4.08. The summed E-state index contributed by atoms with van der Waals surface area (Å²) >= 11 is 5.80. The van der Waals surface area contributed by atoms with Gasteiger partial charge in [-0.15, -0.1) is 0 Å². The van der Waals surface area contributed by atoms with Crippen molar-refractivity contribution < 1.29 is 9.18 Å². The number of carbonyl (C=O) groups excluding carboxylic acids is 1. The molecule has 0 atom stereocenters. The SMILES string of the molecule is O=C1CC2(CCCC2)Nc2cc(Cl)c(F)cc2N1. The fourth-order valence-electron chi connectivity index (χ4n) is 2.94. The Morgan fingerprint density at radius 3 is 2.67 bits per heavy atom. The van der Waals surface area contributed by atoms with Gasteiger partial charge in [-0.3, -0.25) is 4.79 Å². The van der Waals surface area contributed by atoms with Crippen LogP contribution in [0.25, 0.3) is 0 Å². The molecule has 1 saturated carbocycles. The van der Waals surface area contributed by atoms with Crippen LogP contribution in [0, 0.1) is 5.82 Å². The molecule has 1 aromatic carbocycles. The zero-order valence-corrected chi connectivity index (χ0v) is 10.6. The van der Waals surface area contributed by atoms with Crippen LogP contribution in [0.1, 0.15) is 32.1 Å². The number of fused-ring (bicyclic) bond motifs is 1. The summed E-state index contributed by atoms with van der Waals surface area (Å²) in [6.45, 7) is 0. The molecule has 0 radical (unpaired) electrons. The highest BCUT2D eigenvalue weighted by Crippen LogP contribution is 2.41. The molecule has 0 unspecified atom stereocenters. The monoisotopic (exact) mass is 268 g/mol. The summed E-state index contributed by atoms with van der Waals surface area (Å²) in [5.74, 6) is -0.579. The number of nitrogens with one attached hydrogen (secondary N) is 2. The van der Waals surface area contributed by atoms with Crippen LogP contribution in [0.5, 0.6) is 0 Å². The van der Waals surface area contributed by atoms with E-state index in [1.165, 1.54) is 6.07 Å². The van der Waals surface area contributed by atoms with Gasteiger partial charge in [0.1, 0.15) is 5.82 Å². The minimum Gasteiger partial charge on any atom is -0.377 e. The van der Waals surface area contributed by atoms with E-state index in [-0.39, 0.29) is 16.5 Å². The van der Waals surface area contributed by atoms with Gasteiger partial charge in [-0.2, -0.15) is 0 Å². The zero-order valence-electron chi connectivity index (χ0n) is 9.85. The second kappa shape index (κ2) is 4.12. The summed E-state index contributed by atoms with van der Waals surface area (Å²) in [6, 6.07) is 2.83. The quantitative estimate of drug-likeness (QED) is 0.756. The van der Waals surface area contributed by atoms with Gasteiger partial charge >= 0.3 is 0 Å². The maximum atomic E-state index is 13.4. The van der Waals surface area contributed by atoms with E-state index in [1.54, 1.807) is 6.07 Å². The molecule has 1 aromatic rings. The van der Waals surface area contributed by atoms with Crippen molar-refractivity contribution in [2.45, 2.75) is 37.6 Å². The van der Waals surface area contributed by atoms with Crippen molar-refractivity contribution in [3.05, 3.63) is 23.0 Å². The van der Waals surface area contributed by atoms with Gasteiger partial charge < -0.3 is 10.6 Å². The molecule has 0 saturated heterocycles. The standard InChI is InChI=1S/C13H14ClFN2O/c14-8-5-11-10(6-9(8)15)16-12(18)7-13(17-11)3-1-2-4-13/h5-6,17H,1-4,7H2,(H,16,18). The molecule has 1 spiro atoms. The highest BCUT2D eigenvalue weighted by Gasteiger charge is 2.38. The number of carbonyl (C=O) groups is 1. The molecular weight excluding hydrogens is 255 g/mol. The Morgan fingerprint density at radius 1 is 1.22 bits per heavy atom. The highest BCUT2D eigenvalue weighted by atomic mass is 35.5. The number of hydrogen-bond acceptors (Lipinski definition) is 2. The van der Waals surface area contributed by atoms with Crippen LogP contribution in [0.3, 0.4) is 0 Å². The third-order valence-electron chi connectivity index (χ3n) is 3.79. The molecule has 5 heteroatoms. The van der Waals surface area contributed by atoms with Crippen LogP contribution in [0.15, 0.2) is 12.1 Å². The first kappa shape index (κ1) is 11.8. The largest absolute Gasteiger partial charge is 0.377 e. The summed E-state index contributed by atoms with van der Waals surface area (Å²) in [5.41, 5.74) is 1.01. The molecule has 1 aliphatic carbocycles. The van der Waals surface area contributed by atoms with Crippen molar-refractivity contribution in [3.63, 3.8) is 0 Å². The maximum Gasteiger partial charge on any atom is 0.226 e. The highest BCUT2D eigenvalue weighted by molar-refractivity contribution is 6.31. The molecule has 3 nitrogen and oxygen atoms in total. The molecule has 96 valence electrons. The van der Waals surface area contributed by atoms with Crippen LogP contribution in [-0.4, -0.2) is 11.4 Å². The van der Waals surface area contributed by atoms with E-state index in [9.17, 15) is 9.18 Å². The van der Waals surface area contributed by atoms with E-state index in [0.29, 0.717) is 17.8 Å². The van der Waals surface area contributed by atoms with E-state index in [0.717, 1.165) is 25.7 Å². The van der Waals surface area contributed by atoms with Crippen LogP contribution in [0.2, 0.25) is 5.02 Å². The molecule has 1 aliphatic heterocycles. The molecule has 1 amide bonds. The normalized spacial score (nSPS) is 21.1. The minimum atomic E-state index is -0.514. The summed E-state index contributed by atoms with van der Waals surface area (Å²) in [7, 11) is 0. The predicted molar refractivity (Wildman–Crippen MR) is 69.5 cm³/mol.